The summed E-state index contributed by atoms with van der Waals surface area (Å²) in [6, 6.07) is 12.4. The van der Waals surface area contributed by atoms with E-state index in [1.807, 2.05) is 24.3 Å². The Kier molecular flexibility index (Phi) is 5.04. The van der Waals surface area contributed by atoms with Gasteiger partial charge in [-0.05, 0) is 36.2 Å². The molecule has 5 nitrogen and oxygen atoms in total. The van der Waals surface area contributed by atoms with Gasteiger partial charge in [0.1, 0.15) is 5.69 Å². The van der Waals surface area contributed by atoms with Crippen molar-refractivity contribution in [2.75, 3.05) is 11.9 Å². The van der Waals surface area contributed by atoms with Gasteiger partial charge in [0, 0.05) is 11.9 Å². The van der Waals surface area contributed by atoms with Gasteiger partial charge in [-0.1, -0.05) is 25.1 Å². The molecule has 5 heteroatoms. The van der Waals surface area contributed by atoms with Crippen LogP contribution >= 0.6 is 0 Å². The zero-order valence-electron chi connectivity index (χ0n) is 11.7. The quantitative estimate of drug-likeness (QED) is 0.856. The number of aryl methyl sites for hydroxylation is 1. The zero-order valence-corrected chi connectivity index (χ0v) is 11.7. The molecule has 0 radical (unpaired) electrons. The van der Waals surface area contributed by atoms with E-state index in [0.29, 0.717) is 5.69 Å². The molecule has 1 heterocycles. The molecule has 0 aliphatic carbocycles. The molecule has 108 valence electrons. The Bertz CT molecular complexity index is 609. The molecule has 0 saturated heterocycles. The third-order valence-electron chi connectivity index (χ3n) is 2.85. The lowest BCUT2D eigenvalue weighted by molar-refractivity contribution is -0.119. The number of anilines is 1. The Morgan fingerprint density at radius 1 is 1.14 bits per heavy atom. The monoisotopic (exact) mass is 284 g/mol. The smallest absolute Gasteiger partial charge is 0.357 e. The third-order valence-corrected chi connectivity index (χ3v) is 2.85. The van der Waals surface area contributed by atoms with E-state index in [-0.39, 0.29) is 18.2 Å². The summed E-state index contributed by atoms with van der Waals surface area (Å²) in [7, 11) is 0. The fraction of sp³-hybridized carbons (Fsp3) is 0.188. The number of rotatable bonds is 5. The first-order chi connectivity index (χ1) is 10.2. The molecule has 0 unspecified atom stereocenters. The summed E-state index contributed by atoms with van der Waals surface area (Å²) >= 11 is 0. The number of nitrogens with one attached hydrogen (secondary N) is 1. The number of ether oxygens (including phenoxy) is 1. The predicted molar refractivity (Wildman–Crippen MR) is 79.0 cm³/mol. The minimum Gasteiger partial charge on any atom is -0.451 e. The van der Waals surface area contributed by atoms with Gasteiger partial charge in [-0.3, -0.25) is 4.79 Å². The van der Waals surface area contributed by atoms with Crippen molar-refractivity contribution in [3.8, 4) is 0 Å². The van der Waals surface area contributed by atoms with Crippen molar-refractivity contribution in [3.63, 3.8) is 0 Å². The zero-order chi connectivity index (χ0) is 15.1. The number of hydrogen-bond donors (Lipinski definition) is 1. The molecule has 2 rings (SSSR count). The van der Waals surface area contributed by atoms with Crippen LogP contribution < -0.4 is 5.32 Å². The Labute approximate surface area is 123 Å². The molecule has 1 aromatic carbocycles. The first kappa shape index (κ1) is 14.7. The molecule has 0 spiro atoms. The van der Waals surface area contributed by atoms with Crippen molar-refractivity contribution in [1.82, 2.24) is 4.98 Å². The lowest BCUT2D eigenvalue weighted by Gasteiger charge is -2.07. The standard InChI is InChI=1S/C16H16N2O3/c1-2-12-6-8-13(9-7-12)18-15(19)11-21-16(20)14-5-3-4-10-17-14/h3-10H,2,11H2,1H3,(H,18,19). The van der Waals surface area contributed by atoms with E-state index >= 15 is 0 Å². The van der Waals surface area contributed by atoms with Crippen molar-refractivity contribution in [1.29, 1.82) is 0 Å². The van der Waals surface area contributed by atoms with E-state index in [4.69, 9.17) is 4.74 Å². The maximum absolute atomic E-state index is 11.7. The number of benzene rings is 1. The van der Waals surface area contributed by atoms with Crippen molar-refractivity contribution in [3.05, 3.63) is 59.9 Å². The molecule has 1 amide bonds. The summed E-state index contributed by atoms with van der Waals surface area (Å²) in [6.07, 6.45) is 2.43. The second kappa shape index (κ2) is 7.19. The van der Waals surface area contributed by atoms with E-state index in [1.165, 1.54) is 17.8 Å². The maximum Gasteiger partial charge on any atom is 0.357 e. The number of pyridine rings is 1. The Hall–Kier alpha value is -2.69. The summed E-state index contributed by atoms with van der Waals surface area (Å²) in [5.41, 5.74) is 2.04. The summed E-state index contributed by atoms with van der Waals surface area (Å²) in [5.74, 6) is -1.00. The summed E-state index contributed by atoms with van der Waals surface area (Å²) in [5, 5.41) is 2.66. The highest BCUT2D eigenvalue weighted by atomic mass is 16.5. The number of carbonyl (C=O) groups is 2. The van der Waals surface area contributed by atoms with Gasteiger partial charge in [-0.25, -0.2) is 9.78 Å². The van der Waals surface area contributed by atoms with Gasteiger partial charge in [0.05, 0.1) is 0 Å². The van der Waals surface area contributed by atoms with Crippen LogP contribution in [0.3, 0.4) is 0 Å². The minimum atomic E-state index is -0.618. The van der Waals surface area contributed by atoms with Crippen molar-refractivity contribution in [2.45, 2.75) is 13.3 Å². The minimum absolute atomic E-state index is 0.178. The lowest BCUT2D eigenvalue weighted by Crippen LogP contribution is -2.21. The van der Waals surface area contributed by atoms with Crippen LogP contribution in [-0.2, 0) is 16.0 Å². The van der Waals surface area contributed by atoms with E-state index in [2.05, 4.69) is 17.2 Å². The van der Waals surface area contributed by atoms with Gasteiger partial charge in [-0.15, -0.1) is 0 Å². The molecule has 1 aromatic heterocycles. The summed E-state index contributed by atoms with van der Waals surface area (Å²) in [6.45, 7) is 1.72. The lowest BCUT2D eigenvalue weighted by atomic mass is 10.1. The molecule has 0 aliphatic rings. The van der Waals surface area contributed by atoms with Crippen LogP contribution in [0.5, 0.6) is 0 Å². The van der Waals surface area contributed by atoms with E-state index in [1.54, 1.807) is 12.1 Å². The number of amides is 1. The number of aromatic nitrogens is 1. The second-order valence-electron chi connectivity index (χ2n) is 4.39. The Morgan fingerprint density at radius 3 is 2.52 bits per heavy atom. The van der Waals surface area contributed by atoms with Crippen LogP contribution in [-0.4, -0.2) is 23.5 Å². The molecule has 0 fully saturated rings. The Balaban J connectivity index is 1.83. The molecule has 0 aliphatic heterocycles. The van der Waals surface area contributed by atoms with Gasteiger partial charge in [0.15, 0.2) is 6.61 Å². The first-order valence-electron chi connectivity index (χ1n) is 6.66. The van der Waals surface area contributed by atoms with Gasteiger partial charge in [0.2, 0.25) is 0 Å². The molecule has 2 aromatic rings. The number of carbonyl (C=O) groups excluding carboxylic acids is 2. The van der Waals surface area contributed by atoms with Crippen LogP contribution in [0.25, 0.3) is 0 Å². The highest BCUT2D eigenvalue weighted by Crippen LogP contribution is 2.09. The fourth-order valence-electron chi connectivity index (χ4n) is 1.71. The largest absolute Gasteiger partial charge is 0.451 e. The number of esters is 1. The van der Waals surface area contributed by atoms with Crippen molar-refractivity contribution < 1.29 is 14.3 Å². The van der Waals surface area contributed by atoms with Gasteiger partial charge in [-0.2, -0.15) is 0 Å². The number of hydrogen-bond acceptors (Lipinski definition) is 4. The summed E-state index contributed by atoms with van der Waals surface area (Å²) < 4.78 is 4.89. The van der Waals surface area contributed by atoms with E-state index < -0.39 is 5.97 Å². The van der Waals surface area contributed by atoms with Gasteiger partial charge in [0.25, 0.3) is 5.91 Å². The Morgan fingerprint density at radius 2 is 1.90 bits per heavy atom. The van der Waals surface area contributed by atoms with Crippen LogP contribution in [0.4, 0.5) is 5.69 Å². The average molecular weight is 284 g/mol. The number of nitrogens with zero attached hydrogens (tertiary/aromatic N) is 1. The molecule has 0 bridgehead atoms. The molecular weight excluding hydrogens is 268 g/mol. The van der Waals surface area contributed by atoms with Crippen LogP contribution in [0.15, 0.2) is 48.7 Å². The van der Waals surface area contributed by atoms with Crippen LogP contribution in [0.1, 0.15) is 23.0 Å². The fourth-order valence-corrected chi connectivity index (χ4v) is 1.71. The molecule has 0 saturated carbocycles. The van der Waals surface area contributed by atoms with E-state index in [9.17, 15) is 9.59 Å². The van der Waals surface area contributed by atoms with Gasteiger partial charge >= 0.3 is 5.97 Å². The summed E-state index contributed by atoms with van der Waals surface area (Å²) in [4.78, 5) is 27.2. The molecular formula is C16H16N2O3. The highest BCUT2D eigenvalue weighted by Gasteiger charge is 2.10. The maximum atomic E-state index is 11.7. The third kappa shape index (κ3) is 4.42. The van der Waals surface area contributed by atoms with Gasteiger partial charge < -0.3 is 10.1 Å². The molecule has 1 N–H and O–H groups in total. The molecule has 0 atom stereocenters. The van der Waals surface area contributed by atoms with Crippen molar-refractivity contribution >= 4 is 17.6 Å². The topological polar surface area (TPSA) is 68.3 Å². The van der Waals surface area contributed by atoms with Crippen LogP contribution in [0.2, 0.25) is 0 Å². The SMILES string of the molecule is CCc1ccc(NC(=O)COC(=O)c2ccccn2)cc1. The average Bonchev–Trinajstić information content (AvgIpc) is 2.54. The predicted octanol–water partition coefficient (Wildman–Crippen LogP) is 2.44. The van der Waals surface area contributed by atoms with Crippen LogP contribution in [0, 0.1) is 0 Å². The first-order valence-corrected chi connectivity index (χ1v) is 6.66. The molecule has 21 heavy (non-hydrogen) atoms. The normalized spacial score (nSPS) is 9.95. The second-order valence-corrected chi connectivity index (χ2v) is 4.39. The van der Waals surface area contributed by atoms with Crippen molar-refractivity contribution in [2.24, 2.45) is 0 Å². The van der Waals surface area contributed by atoms with E-state index in [0.717, 1.165) is 6.42 Å². The highest BCUT2D eigenvalue weighted by molar-refractivity contribution is 5.94.